The zero-order valence-electron chi connectivity index (χ0n) is 17.0. The van der Waals surface area contributed by atoms with Gasteiger partial charge in [0.2, 0.25) is 18.6 Å². The van der Waals surface area contributed by atoms with Gasteiger partial charge in [-0.1, -0.05) is 12.1 Å². The number of methoxy groups -OCH3 is 1. The maximum Gasteiger partial charge on any atom is 0.236 e. The summed E-state index contributed by atoms with van der Waals surface area (Å²) in [6.07, 6.45) is 2.34. The second-order valence-corrected chi connectivity index (χ2v) is 7.86. The van der Waals surface area contributed by atoms with Crippen LogP contribution in [0.3, 0.4) is 0 Å². The van der Waals surface area contributed by atoms with Crippen molar-refractivity contribution in [1.82, 2.24) is 14.7 Å². The Hall–Kier alpha value is -2.32. The molecular weight excluding hydrogens is 374 g/mol. The van der Waals surface area contributed by atoms with E-state index in [-0.39, 0.29) is 24.7 Å². The van der Waals surface area contributed by atoms with Crippen LogP contribution in [0, 0.1) is 0 Å². The van der Waals surface area contributed by atoms with Crippen molar-refractivity contribution in [3.05, 3.63) is 23.8 Å². The number of benzene rings is 1. The molecule has 0 aliphatic carbocycles. The average molecular weight is 403 g/mol. The molecule has 3 aliphatic rings. The Morgan fingerprint density at radius 3 is 2.76 bits per heavy atom. The first-order valence-corrected chi connectivity index (χ1v) is 10.3. The second kappa shape index (κ2) is 9.00. The number of rotatable bonds is 7. The second-order valence-electron chi connectivity index (χ2n) is 7.86. The molecule has 0 radical (unpaired) electrons. The van der Waals surface area contributed by atoms with E-state index in [2.05, 4.69) is 4.90 Å². The molecule has 29 heavy (non-hydrogen) atoms. The van der Waals surface area contributed by atoms with Crippen LogP contribution in [-0.2, 0) is 20.9 Å². The van der Waals surface area contributed by atoms with Crippen molar-refractivity contribution in [3.63, 3.8) is 0 Å². The number of hydrogen-bond donors (Lipinski definition) is 0. The van der Waals surface area contributed by atoms with Crippen LogP contribution in [0.25, 0.3) is 0 Å². The normalized spacial score (nSPS) is 22.4. The fraction of sp³-hybridized carbons (Fsp3) is 0.619. The number of fused-ring (bicyclic) bond motifs is 1. The zero-order chi connectivity index (χ0) is 20.2. The van der Waals surface area contributed by atoms with E-state index in [0.29, 0.717) is 39.1 Å². The standard InChI is InChI=1S/C21H29N3O5/c1-27-17-12-22(11-16-5-2-6-18-21(16)29-15-28-18)14-20(26)24(13-17)10-4-9-23-8-3-7-19(23)25/h2,5-6,17H,3-4,7-15H2,1H3. The fourth-order valence-corrected chi connectivity index (χ4v) is 4.28. The highest BCUT2D eigenvalue weighted by Crippen LogP contribution is 2.36. The molecule has 2 amide bonds. The molecule has 1 unspecified atom stereocenters. The van der Waals surface area contributed by atoms with Crippen molar-refractivity contribution in [2.75, 3.05) is 53.2 Å². The number of carbonyl (C=O) groups is 2. The van der Waals surface area contributed by atoms with Crippen molar-refractivity contribution >= 4 is 11.8 Å². The van der Waals surface area contributed by atoms with E-state index >= 15 is 0 Å². The van der Waals surface area contributed by atoms with E-state index in [4.69, 9.17) is 14.2 Å². The predicted molar refractivity (Wildman–Crippen MR) is 106 cm³/mol. The highest BCUT2D eigenvalue weighted by molar-refractivity contribution is 5.79. The van der Waals surface area contributed by atoms with Gasteiger partial charge in [0.15, 0.2) is 11.5 Å². The molecule has 3 heterocycles. The van der Waals surface area contributed by atoms with Gasteiger partial charge in [0, 0.05) is 58.4 Å². The van der Waals surface area contributed by atoms with Crippen LogP contribution in [0.5, 0.6) is 11.5 Å². The van der Waals surface area contributed by atoms with Crippen molar-refractivity contribution in [3.8, 4) is 11.5 Å². The molecule has 8 nitrogen and oxygen atoms in total. The first-order valence-electron chi connectivity index (χ1n) is 10.3. The van der Waals surface area contributed by atoms with Crippen LogP contribution < -0.4 is 9.47 Å². The van der Waals surface area contributed by atoms with Crippen molar-refractivity contribution in [2.45, 2.75) is 31.9 Å². The SMILES string of the molecule is COC1CN(Cc2cccc3c2OCO3)CC(=O)N(CCCN2CCCC2=O)C1. The van der Waals surface area contributed by atoms with Crippen LogP contribution in [-0.4, -0.2) is 85.8 Å². The smallest absolute Gasteiger partial charge is 0.236 e. The Morgan fingerprint density at radius 1 is 1.10 bits per heavy atom. The highest BCUT2D eigenvalue weighted by Gasteiger charge is 2.29. The average Bonchev–Trinajstić information content (AvgIpc) is 3.32. The summed E-state index contributed by atoms with van der Waals surface area (Å²) in [5.41, 5.74) is 1.02. The lowest BCUT2D eigenvalue weighted by atomic mass is 10.1. The number of amides is 2. The summed E-state index contributed by atoms with van der Waals surface area (Å²) in [7, 11) is 1.69. The summed E-state index contributed by atoms with van der Waals surface area (Å²) in [5.74, 6) is 1.85. The van der Waals surface area contributed by atoms with Gasteiger partial charge in [0.25, 0.3) is 0 Å². The summed E-state index contributed by atoms with van der Waals surface area (Å²) in [6.45, 7) is 4.64. The predicted octanol–water partition coefficient (Wildman–Crippen LogP) is 1.09. The minimum Gasteiger partial charge on any atom is -0.454 e. The van der Waals surface area contributed by atoms with Gasteiger partial charge in [-0.2, -0.15) is 0 Å². The molecule has 0 saturated carbocycles. The maximum absolute atomic E-state index is 12.9. The van der Waals surface area contributed by atoms with E-state index in [1.165, 1.54) is 0 Å². The van der Waals surface area contributed by atoms with Gasteiger partial charge in [-0.25, -0.2) is 0 Å². The minimum atomic E-state index is -0.0520. The van der Waals surface area contributed by atoms with Crippen LogP contribution in [0.2, 0.25) is 0 Å². The Balaban J connectivity index is 1.36. The summed E-state index contributed by atoms with van der Waals surface area (Å²) >= 11 is 0. The largest absolute Gasteiger partial charge is 0.454 e. The fourth-order valence-electron chi connectivity index (χ4n) is 4.28. The van der Waals surface area contributed by atoms with Gasteiger partial charge in [0.05, 0.1) is 12.6 Å². The molecule has 3 aliphatic heterocycles. The first-order chi connectivity index (χ1) is 14.1. The van der Waals surface area contributed by atoms with Crippen LogP contribution >= 0.6 is 0 Å². The molecule has 1 atom stereocenters. The molecule has 2 saturated heterocycles. The van der Waals surface area contributed by atoms with Crippen LogP contribution in [0.4, 0.5) is 0 Å². The molecule has 2 fully saturated rings. The van der Waals surface area contributed by atoms with Gasteiger partial charge >= 0.3 is 0 Å². The molecule has 158 valence electrons. The molecule has 1 aromatic rings. The van der Waals surface area contributed by atoms with E-state index in [0.717, 1.165) is 43.0 Å². The Labute approximate surface area is 171 Å². The molecule has 0 N–H and O–H groups in total. The van der Waals surface area contributed by atoms with Crippen LogP contribution in [0.1, 0.15) is 24.8 Å². The molecule has 0 aromatic heterocycles. The van der Waals surface area contributed by atoms with E-state index in [1.807, 2.05) is 28.0 Å². The van der Waals surface area contributed by atoms with Crippen LogP contribution in [0.15, 0.2) is 18.2 Å². The molecule has 4 rings (SSSR count). The van der Waals surface area contributed by atoms with Crippen molar-refractivity contribution in [1.29, 1.82) is 0 Å². The summed E-state index contributed by atoms with van der Waals surface area (Å²) in [4.78, 5) is 30.6. The van der Waals surface area contributed by atoms with E-state index in [1.54, 1.807) is 7.11 Å². The van der Waals surface area contributed by atoms with Gasteiger partial charge < -0.3 is 24.0 Å². The Kier molecular flexibility index (Phi) is 6.20. The lowest BCUT2D eigenvalue weighted by Crippen LogP contribution is -2.39. The monoisotopic (exact) mass is 403 g/mol. The van der Waals surface area contributed by atoms with Crippen molar-refractivity contribution in [2.24, 2.45) is 0 Å². The molecule has 1 aromatic carbocycles. The molecule has 8 heteroatoms. The van der Waals surface area contributed by atoms with Gasteiger partial charge in [0.1, 0.15) is 0 Å². The lowest BCUT2D eigenvalue weighted by molar-refractivity contribution is -0.131. The number of nitrogens with zero attached hydrogens (tertiary/aromatic N) is 3. The zero-order valence-corrected chi connectivity index (χ0v) is 17.0. The van der Waals surface area contributed by atoms with Crippen molar-refractivity contribution < 1.29 is 23.8 Å². The third-order valence-corrected chi connectivity index (χ3v) is 5.83. The summed E-state index contributed by atoms with van der Waals surface area (Å²) in [6, 6.07) is 5.85. The maximum atomic E-state index is 12.9. The highest BCUT2D eigenvalue weighted by atomic mass is 16.7. The number of hydrogen-bond acceptors (Lipinski definition) is 6. The van der Waals surface area contributed by atoms with Gasteiger partial charge in [-0.05, 0) is 18.9 Å². The first kappa shape index (κ1) is 20.0. The van der Waals surface area contributed by atoms with E-state index < -0.39 is 0 Å². The topological polar surface area (TPSA) is 71.6 Å². The summed E-state index contributed by atoms with van der Waals surface area (Å²) < 4.78 is 16.7. The minimum absolute atomic E-state index is 0.0520. The number of ether oxygens (including phenoxy) is 3. The van der Waals surface area contributed by atoms with Gasteiger partial charge in [-0.3, -0.25) is 14.5 Å². The number of para-hydroxylation sites is 1. The van der Waals surface area contributed by atoms with E-state index in [9.17, 15) is 9.59 Å². The quantitative estimate of drug-likeness (QED) is 0.679. The Bertz CT molecular complexity index is 756. The summed E-state index contributed by atoms with van der Waals surface area (Å²) in [5, 5.41) is 0. The Morgan fingerprint density at radius 2 is 1.97 bits per heavy atom. The lowest BCUT2D eigenvalue weighted by Gasteiger charge is -2.24. The molecular formula is C21H29N3O5. The molecule has 0 spiro atoms. The molecule has 0 bridgehead atoms. The number of carbonyl (C=O) groups excluding carboxylic acids is 2. The third kappa shape index (κ3) is 4.64. The third-order valence-electron chi connectivity index (χ3n) is 5.83. The number of likely N-dealkylation sites (tertiary alicyclic amines) is 1. The van der Waals surface area contributed by atoms with Gasteiger partial charge in [-0.15, -0.1) is 0 Å².